The highest BCUT2D eigenvalue weighted by molar-refractivity contribution is 5.76. The summed E-state index contributed by atoms with van der Waals surface area (Å²) in [5.74, 6) is 0.532. The molecule has 4 nitrogen and oxygen atoms in total. The quantitative estimate of drug-likeness (QED) is 0.783. The molecule has 0 spiro atoms. The van der Waals surface area contributed by atoms with Crippen molar-refractivity contribution in [3.05, 3.63) is 29.3 Å². The number of carbonyl (C=O) groups excluding carboxylic acids is 1. The van der Waals surface area contributed by atoms with E-state index in [9.17, 15) is 4.79 Å². The van der Waals surface area contributed by atoms with Crippen molar-refractivity contribution in [3.63, 3.8) is 0 Å². The molecule has 1 saturated heterocycles. The lowest BCUT2D eigenvalue weighted by molar-refractivity contribution is -0.143. The molecule has 2 N–H and O–H groups in total. The Kier molecular flexibility index (Phi) is 2.52. The number of nitrogens with two attached hydrogens (primary N) is 1. The molecule has 0 saturated carbocycles. The van der Waals surface area contributed by atoms with Crippen molar-refractivity contribution in [2.24, 2.45) is 5.73 Å². The smallest absolute Gasteiger partial charge is 0.347 e. The largest absolute Gasteiger partial charge is 0.478 e. The summed E-state index contributed by atoms with van der Waals surface area (Å²) < 4.78 is 10.6. The maximum Gasteiger partial charge on any atom is 0.347 e. The van der Waals surface area contributed by atoms with Gasteiger partial charge in [0.2, 0.25) is 0 Å². The van der Waals surface area contributed by atoms with E-state index in [0.29, 0.717) is 13.0 Å². The Labute approximate surface area is 99.7 Å². The van der Waals surface area contributed by atoms with Crippen LogP contribution in [0.15, 0.2) is 18.2 Å². The third-order valence-corrected chi connectivity index (χ3v) is 3.43. The molecule has 3 rings (SSSR count). The number of ether oxygens (including phenoxy) is 2. The van der Waals surface area contributed by atoms with Gasteiger partial charge in [0.15, 0.2) is 6.10 Å². The molecule has 0 aromatic heterocycles. The number of cyclic esters (lactones) is 1. The molecule has 2 aliphatic rings. The van der Waals surface area contributed by atoms with Gasteiger partial charge in [0.05, 0.1) is 6.61 Å². The first-order valence-electron chi connectivity index (χ1n) is 5.96. The van der Waals surface area contributed by atoms with E-state index in [0.717, 1.165) is 29.7 Å². The van der Waals surface area contributed by atoms with Crippen LogP contribution in [0.1, 0.15) is 30.0 Å². The lowest BCUT2D eigenvalue weighted by Gasteiger charge is -2.14. The van der Waals surface area contributed by atoms with E-state index >= 15 is 0 Å². The molecule has 1 fully saturated rings. The second kappa shape index (κ2) is 4.04. The van der Waals surface area contributed by atoms with Crippen LogP contribution >= 0.6 is 0 Å². The van der Waals surface area contributed by atoms with Gasteiger partial charge in [-0.25, -0.2) is 4.79 Å². The molecule has 1 aromatic carbocycles. The molecule has 4 heteroatoms. The maximum atomic E-state index is 11.4. The van der Waals surface area contributed by atoms with E-state index in [2.05, 4.69) is 0 Å². The average Bonchev–Trinajstić information content (AvgIpc) is 2.89. The fraction of sp³-hybridized carbons (Fsp3) is 0.462. The van der Waals surface area contributed by atoms with E-state index in [4.69, 9.17) is 15.2 Å². The molecule has 17 heavy (non-hydrogen) atoms. The zero-order valence-corrected chi connectivity index (χ0v) is 9.52. The van der Waals surface area contributed by atoms with Crippen molar-refractivity contribution in [1.29, 1.82) is 0 Å². The average molecular weight is 233 g/mol. The molecule has 0 bridgehead atoms. The highest BCUT2D eigenvalue weighted by Crippen LogP contribution is 2.36. The fourth-order valence-electron chi connectivity index (χ4n) is 2.50. The standard InChI is InChI=1S/C13H15NO3/c14-10-5-4-9-8(10)2-1-3-11(9)17-12-6-7-16-13(12)15/h1-3,10,12H,4-7,14H2. The summed E-state index contributed by atoms with van der Waals surface area (Å²) in [6.07, 6.45) is 2.06. The summed E-state index contributed by atoms with van der Waals surface area (Å²) >= 11 is 0. The predicted molar refractivity (Wildman–Crippen MR) is 61.7 cm³/mol. The molecule has 2 atom stereocenters. The minimum absolute atomic E-state index is 0.101. The number of esters is 1. The number of carbonyl (C=O) groups is 1. The Morgan fingerprint density at radius 1 is 1.35 bits per heavy atom. The van der Waals surface area contributed by atoms with Gasteiger partial charge >= 0.3 is 5.97 Å². The summed E-state index contributed by atoms with van der Waals surface area (Å²) in [5.41, 5.74) is 8.30. The van der Waals surface area contributed by atoms with E-state index in [1.165, 1.54) is 0 Å². The number of hydrogen-bond donors (Lipinski definition) is 1. The molecule has 0 radical (unpaired) electrons. The van der Waals surface area contributed by atoms with Gasteiger partial charge in [0.25, 0.3) is 0 Å². The highest BCUT2D eigenvalue weighted by Gasteiger charge is 2.30. The summed E-state index contributed by atoms with van der Waals surface area (Å²) in [5, 5.41) is 0. The minimum atomic E-state index is -0.446. The Bertz CT molecular complexity index is 458. The first-order valence-corrected chi connectivity index (χ1v) is 5.96. The number of hydrogen-bond acceptors (Lipinski definition) is 4. The van der Waals surface area contributed by atoms with Crippen molar-refractivity contribution < 1.29 is 14.3 Å². The molecular formula is C13H15NO3. The van der Waals surface area contributed by atoms with Gasteiger partial charge in [-0.3, -0.25) is 0 Å². The topological polar surface area (TPSA) is 61.6 Å². The van der Waals surface area contributed by atoms with Gasteiger partial charge in [-0.05, 0) is 30.0 Å². The molecule has 90 valence electrons. The number of benzene rings is 1. The van der Waals surface area contributed by atoms with Gasteiger partial charge in [-0.15, -0.1) is 0 Å². The summed E-state index contributed by atoms with van der Waals surface area (Å²) in [7, 11) is 0. The van der Waals surface area contributed by atoms with Crippen LogP contribution < -0.4 is 10.5 Å². The van der Waals surface area contributed by atoms with E-state index in [-0.39, 0.29) is 12.0 Å². The van der Waals surface area contributed by atoms with Crippen LogP contribution in [0.4, 0.5) is 0 Å². The van der Waals surface area contributed by atoms with Crippen LogP contribution in [0.25, 0.3) is 0 Å². The highest BCUT2D eigenvalue weighted by atomic mass is 16.6. The lowest BCUT2D eigenvalue weighted by atomic mass is 10.1. The first kappa shape index (κ1) is 10.6. The van der Waals surface area contributed by atoms with E-state index in [1.807, 2.05) is 18.2 Å². The van der Waals surface area contributed by atoms with Crippen molar-refractivity contribution in [2.45, 2.75) is 31.4 Å². The van der Waals surface area contributed by atoms with Crippen LogP contribution in [0.2, 0.25) is 0 Å². The Balaban J connectivity index is 1.86. The van der Waals surface area contributed by atoms with Crippen LogP contribution in [0.3, 0.4) is 0 Å². The van der Waals surface area contributed by atoms with Crippen LogP contribution in [-0.4, -0.2) is 18.7 Å². The fourth-order valence-corrected chi connectivity index (χ4v) is 2.50. The third-order valence-electron chi connectivity index (χ3n) is 3.43. The van der Waals surface area contributed by atoms with E-state index < -0.39 is 6.10 Å². The second-order valence-electron chi connectivity index (χ2n) is 4.53. The van der Waals surface area contributed by atoms with Crippen molar-refractivity contribution in [2.75, 3.05) is 6.61 Å². The van der Waals surface area contributed by atoms with Crippen LogP contribution in [0, 0.1) is 0 Å². The SMILES string of the molecule is NC1CCc2c(OC3CCOC3=O)cccc21. The Morgan fingerprint density at radius 3 is 3.00 bits per heavy atom. The lowest BCUT2D eigenvalue weighted by Crippen LogP contribution is -2.22. The molecule has 1 heterocycles. The zero-order chi connectivity index (χ0) is 11.8. The molecule has 1 aliphatic carbocycles. The van der Waals surface area contributed by atoms with Gasteiger partial charge in [0.1, 0.15) is 5.75 Å². The van der Waals surface area contributed by atoms with E-state index in [1.54, 1.807) is 0 Å². The number of rotatable bonds is 2. The van der Waals surface area contributed by atoms with Crippen LogP contribution in [0.5, 0.6) is 5.75 Å². The zero-order valence-electron chi connectivity index (χ0n) is 9.52. The second-order valence-corrected chi connectivity index (χ2v) is 4.53. The third kappa shape index (κ3) is 1.78. The normalized spacial score (nSPS) is 26.8. The summed E-state index contributed by atoms with van der Waals surface area (Å²) in [6.45, 7) is 0.456. The van der Waals surface area contributed by atoms with Crippen molar-refractivity contribution >= 4 is 5.97 Å². The number of fused-ring (bicyclic) bond motifs is 1. The van der Waals surface area contributed by atoms with Crippen molar-refractivity contribution in [3.8, 4) is 5.75 Å². The molecule has 1 aromatic rings. The molecule has 1 aliphatic heterocycles. The molecular weight excluding hydrogens is 218 g/mol. The van der Waals surface area contributed by atoms with Crippen molar-refractivity contribution in [1.82, 2.24) is 0 Å². The minimum Gasteiger partial charge on any atom is -0.478 e. The molecule has 0 amide bonds. The van der Waals surface area contributed by atoms with Gasteiger partial charge in [-0.2, -0.15) is 0 Å². The van der Waals surface area contributed by atoms with Gasteiger partial charge in [-0.1, -0.05) is 12.1 Å². The summed E-state index contributed by atoms with van der Waals surface area (Å²) in [6, 6.07) is 5.97. The van der Waals surface area contributed by atoms with Crippen LogP contribution in [-0.2, 0) is 16.0 Å². The monoisotopic (exact) mass is 233 g/mol. The van der Waals surface area contributed by atoms with Gasteiger partial charge < -0.3 is 15.2 Å². The summed E-state index contributed by atoms with van der Waals surface area (Å²) in [4.78, 5) is 11.4. The van der Waals surface area contributed by atoms with Gasteiger partial charge in [0, 0.05) is 12.5 Å². The molecule has 2 unspecified atom stereocenters. The predicted octanol–water partition coefficient (Wildman–Crippen LogP) is 1.33. The Morgan fingerprint density at radius 2 is 2.24 bits per heavy atom. The first-order chi connectivity index (χ1) is 8.25. The maximum absolute atomic E-state index is 11.4. The Hall–Kier alpha value is -1.55.